The van der Waals surface area contributed by atoms with Gasteiger partial charge in [-0.1, -0.05) is 13.3 Å². The van der Waals surface area contributed by atoms with E-state index in [4.69, 9.17) is 11.2 Å². The van der Waals surface area contributed by atoms with E-state index >= 15 is 0 Å². The van der Waals surface area contributed by atoms with Gasteiger partial charge in [0.25, 0.3) is 0 Å². The highest BCUT2D eigenvalue weighted by Gasteiger charge is 2.00. The molecule has 0 spiro atoms. The topological polar surface area (TPSA) is 21.3 Å². The lowest BCUT2D eigenvalue weighted by molar-refractivity contribution is 0.198. The van der Waals surface area contributed by atoms with Gasteiger partial charge in [-0.15, -0.1) is 12.3 Å². The molecule has 1 atom stereocenters. The van der Waals surface area contributed by atoms with Gasteiger partial charge in [-0.2, -0.15) is 0 Å². The Morgan fingerprint density at radius 3 is 2.86 bits per heavy atom. The summed E-state index contributed by atoms with van der Waals surface area (Å²) >= 11 is 0. The van der Waals surface area contributed by atoms with E-state index in [0.717, 1.165) is 32.0 Å². The van der Waals surface area contributed by atoms with Crippen LogP contribution in [0.5, 0.6) is 0 Å². The summed E-state index contributed by atoms with van der Waals surface area (Å²) in [6, 6.07) is 0. The molecule has 0 aromatic heterocycles. The summed E-state index contributed by atoms with van der Waals surface area (Å²) in [5.74, 6) is 3.41. The second kappa shape index (κ2) is 10.6. The van der Waals surface area contributed by atoms with E-state index in [0.29, 0.717) is 0 Å². The van der Waals surface area contributed by atoms with Crippen molar-refractivity contribution < 1.29 is 4.74 Å². The molecular weight excluding hydrogens is 174 g/mol. The molecule has 2 heteroatoms. The molecule has 0 radical (unpaired) electrons. The summed E-state index contributed by atoms with van der Waals surface area (Å²) in [5.41, 5.74) is 0. The van der Waals surface area contributed by atoms with Gasteiger partial charge in [-0.25, -0.2) is 0 Å². The maximum absolute atomic E-state index is 5.18. The van der Waals surface area contributed by atoms with Crippen LogP contribution in [0, 0.1) is 18.3 Å². The number of rotatable bonds is 9. The maximum atomic E-state index is 5.18. The molecule has 0 aromatic carbocycles. The van der Waals surface area contributed by atoms with Crippen molar-refractivity contribution >= 4 is 0 Å². The van der Waals surface area contributed by atoms with Gasteiger partial charge in [0.2, 0.25) is 0 Å². The van der Waals surface area contributed by atoms with Crippen LogP contribution in [0.4, 0.5) is 0 Å². The van der Waals surface area contributed by atoms with Gasteiger partial charge in [-0.3, -0.25) is 0 Å². The lowest BCUT2D eigenvalue weighted by Gasteiger charge is -2.11. The molecule has 0 aliphatic heterocycles. The monoisotopic (exact) mass is 197 g/mol. The Labute approximate surface area is 88.4 Å². The normalized spacial score (nSPS) is 12.4. The molecular formula is C12H23NO. The van der Waals surface area contributed by atoms with Crippen molar-refractivity contribution in [3.05, 3.63) is 0 Å². The zero-order valence-corrected chi connectivity index (χ0v) is 9.51. The Hall–Kier alpha value is -0.520. The summed E-state index contributed by atoms with van der Waals surface area (Å²) in [5, 5.41) is 3.36. The molecule has 1 unspecified atom stereocenters. The molecule has 0 rings (SSSR count). The van der Waals surface area contributed by atoms with Crippen molar-refractivity contribution in [2.75, 3.05) is 26.8 Å². The van der Waals surface area contributed by atoms with Crippen LogP contribution in [0.1, 0.15) is 32.6 Å². The summed E-state index contributed by atoms with van der Waals surface area (Å²) in [6.45, 7) is 5.10. The van der Waals surface area contributed by atoms with Crippen molar-refractivity contribution in [2.45, 2.75) is 32.6 Å². The molecule has 0 bridgehead atoms. The van der Waals surface area contributed by atoms with Gasteiger partial charge in [0, 0.05) is 20.1 Å². The van der Waals surface area contributed by atoms with Gasteiger partial charge >= 0.3 is 0 Å². The van der Waals surface area contributed by atoms with Crippen molar-refractivity contribution in [3.63, 3.8) is 0 Å². The first kappa shape index (κ1) is 13.5. The molecule has 0 saturated carbocycles. The van der Waals surface area contributed by atoms with E-state index in [1.807, 2.05) is 0 Å². The number of hydrogen-bond acceptors (Lipinski definition) is 2. The van der Waals surface area contributed by atoms with Gasteiger partial charge in [0.15, 0.2) is 0 Å². The molecule has 0 aromatic rings. The molecule has 0 aliphatic rings. The third-order valence-electron chi connectivity index (χ3n) is 2.24. The average molecular weight is 197 g/mol. The molecule has 0 amide bonds. The van der Waals surface area contributed by atoms with Crippen molar-refractivity contribution in [1.29, 1.82) is 0 Å². The molecule has 0 fully saturated rings. The van der Waals surface area contributed by atoms with Gasteiger partial charge in [-0.05, 0) is 25.3 Å². The van der Waals surface area contributed by atoms with Crippen LogP contribution in [-0.2, 0) is 4.74 Å². The molecule has 0 heterocycles. The van der Waals surface area contributed by atoms with Crippen LogP contribution < -0.4 is 5.32 Å². The quantitative estimate of drug-likeness (QED) is 0.451. The lowest BCUT2D eigenvalue weighted by Crippen LogP contribution is -2.24. The smallest absolute Gasteiger partial charge is 0.0587 e. The van der Waals surface area contributed by atoms with Crippen LogP contribution in [0.15, 0.2) is 0 Å². The minimum Gasteiger partial charge on any atom is -0.383 e. The summed E-state index contributed by atoms with van der Waals surface area (Å²) in [6.07, 6.45) is 9.78. The summed E-state index contributed by atoms with van der Waals surface area (Å²) < 4.78 is 4.95. The lowest BCUT2D eigenvalue weighted by atomic mass is 10.0. The molecule has 82 valence electrons. The maximum Gasteiger partial charge on any atom is 0.0587 e. The Morgan fingerprint density at radius 2 is 2.21 bits per heavy atom. The van der Waals surface area contributed by atoms with Crippen LogP contribution in [0.25, 0.3) is 0 Å². The van der Waals surface area contributed by atoms with E-state index in [9.17, 15) is 0 Å². The highest BCUT2D eigenvalue weighted by atomic mass is 16.5. The second-order valence-electron chi connectivity index (χ2n) is 3.75. The highest BCUT2D eigenvalue weighted by Crippen LogP contribution is 2.07. The van der Waals surface area contributed by atoms with Crippen LogP contribution in [0.3, 0.4) is 0 Å². The fourth-order valence-electron chi connectivity index (χ4n) is 1.34. The fourth-order valence-corrected chi connectivity index (χ4v) is 1.34. The molecule has 0 aliphatic carbocycles. The standard InChI is InChI=1S/C12H23NO/c1-4-5-6-7-8-12(2)11-13-9-10-14-3/h1,12-13H,5-11H2,2-3H3. The van der Waals surface area contributed by atoms with Crippen molar-refractivity contribution in [2.24, 2.45) is 5.92 Å². The first-order valence-corrected chi connectivity index (χ1v) is 5.44. The number of terminal acetylenes is 1. The van der Waals surface area contributed by atoms with E-state index in [-0.39, 0.29) is 0 Å². The zero-order valence-electron chi connectivity index (χ0n) is 9.51. The Kier molecular flexibility index (Phi) is 10.2. The SMILES string of the molecule is C#CCCCCC(C)CNCCOC. The van der Waals surface area contributed by atoms with E-state index in [1.165, 1.54) is 19.3 Å². The highest BCUT2D eigenvalue weighted by molar-refractivity contribution is 4.82. The predicted octanol–water partition coefficient (Wildman–Crippen LogP) is 2.05. The average Bonchev–Trinajstić information content (AvgIpc) is 2.19. The first-order chi connectivity index (χ1) is 6.81. The predicted molar refractivity (Wildman–Crippen MR) is 61.2 cm³/mol. The number of methoxy groups -OCH3 is 1. The number of ether oxygens (including phenoxy) is 1. The molecule has 0 saturated heterocycles. The van der Waals surface area contributed by atoms with Crippen LogP contribution in [0.2, 0.25) is 0 Å². The number of hydrogen-bond donors (Lipinski definition) is 1. The van der Waals surface area contributed by atoms with Crippen molar-refractivity contribution in [3.8, 4) is 12.3 Å². The Balaban J connectivity index is 3.12. The van der Waals surface area contributed by atoms with Gasteiger partial charge in [0.1, 0.15) is 0 Å². The van der Waals surface area contributed by atoms with Crippen molar-refractivity contribution in [1.82, 2.24) is 5.32 Å². The number of unbranched alkanes of at least 4 members (excludes halogenated alkanes) is 2. The van der Waals surface area contributed by atoms with E-state index < -0.39 is 0 Å². The minimum atomic E-state index is 0.740. The third-order valence-corrected chi connectivity index (χ3v) is 2.24. The van der Waals surface area contributed by atoms with Gasteiger partial charge in [0.05, 0.1) is 6.61 Å². The molecule has 14 heavy (non-hydrogen) atoms. The Bertz CT molecular complexity index is 151. The van der Waals surface area contributed by atoms with Crippen LogP contribution in [-0.4, -0.2) is 26.8 Å². The Morgan fingerprint density at radius 1 is 1.43 bits per heavy atom. The van der Waals surface area contributed by atoms with E-state index in [2.05, 4.69) is 18.2 Å². The molecule has 1 N–H and O–H groups in total. The molecule has 2 nitrogen and oxygen atoms in total. The fraction of sp³-hybridized carbons (Fsp3) is 0.833. The van der Waals surface area contributed by atoms with Crippen LogP contribution >= 0.6 is 0 Å². The largest absolute Gasteiger partial charge is 0.383 e. The second-order valence-corrected chi connectivity index (χ2v) is 3.75. The summed E-state index contributed by atoms with van der Waals surface area (Å²) in [4.78, 5) is 0. The zero-order chi connectivity index (χ0) is 10.6. The first-order valence-electron chi connectivity index (χ1n) is 5.44. The minimum absolute atomic E-state index is 0.740. The number of nitrogens with one attached hydrogen (secondary N) is 1. The van der Waals surface area contributed by atoms with Gasteiger partial charge < -0.3 is 10.1 Å². The summed E-state index contributed by atoms with van der Waals surface area (Å²) in [7, 11) is 1.73. The van der Waals surface area contributed by atoms with E-state index in [1.54, 1.807) is 7.11 Å². The third kappa shape index (κ3) is 9.57.